The molecular weight excluding hydrogens is 629 g/mol. The summed E-state index contributed by atoms with van der Waals surface area (Å²) in [4.78, 5) is 9.47. The molecule has 0 saturated carbocycles. The Labute approximate surface area is 292 Å². The molecule has 3 heterocycles. The second-order valence-corrected chi connectivity index (χ2v) is 13.7. The largest absolute Gasteiger partial charge is 0.452 e. The maximum atomic E-state index is 6.49. The van der Waals surface area contributed by atoms with Gasteiger partial charge in [-0.2, -0.15) is 0 Å². The summed E-state index contributed by atoms with van der Waals surface area (Å²) in [6, 6.07) is 58.2. The molecule has 0 aliphatic carbocycles. The van der Waals surface area contributed by atoms with Gasteiger partial charge in [-0.05, 0) is 80.9 Å². The molecule has 0 fully saturated rings. The van der Waals surface area contributed by atoms with Crippen molar-refractivity contribution >= 4 is 53.6 Å². The third-order valence-electron chi connectivity index (χ3n) is 9.60. The van der Waals surface area contributed by atoms with Gasteiger partial charge in [-0.1, -0.05) is 127 Å². The van der Waals surface area contributed by atoms with Crippen molar-refractivity contribution in [2.75, 3.05) is 0 Å². The molecule has 0 atom stereocenters. The van der Waals surface area contributed by atoms with Crippen LogP contribution in [0.2, 0.25) is 0 Å². The SMILES string of the molecule is c1ccc(-c2cccc(-c3ccc4oc5c(-c6cccc(-c7cccc(-c8cccc9c8sc8ccccc89)c7)c6)ncnc5c4c3)c2)cc1. The summed E-state index contributed by atoms with van der Waals surface area (Å²) in [7, 11) is 0. The molecule has 3 aromatic heterocycles. The zero-order chi connectivity index (χ0) is 33.0. The lowest BCUT2D eigenvalue weighted by atomic mass is 9.96. The van der Waals surface area contributed by atoms with Crippen molar-refractivity contribution < 1.29 is 4.42 Å². The topological polar surface area (TPSA) is 38.9 Å². The smallest absolute Gasteiger partial charge is 0.180 e. The van der Waals surface area contributed by atoms with E-state index in [2.05, 4.69) is 152 Å². The van der Waals surface area contributed by atoms with E-state index < -0.39 is 0 Å². The lowest BCUT2D eigenvalue weighted by Crippen LogP contribution is -1.88. The van der Waals surface area contributed by atoms with Crippen molar-refractivity contribution in [2.24, 2.45) is 0 Å². The van der Waals surface area contributed by atoms with Gasteiger partial charge in [0.25, 0.3) is 0 Å². The number of benzene rings is 7. The average molecular weight is 657 g/mol. The Morgan fingerprint density at radius 3 is 1.84 bits per heavy atom. The molecule has 0 unspecified atom stereocenters. The first-order valence-electron chi connectivity index (χ1n) is 16.7. The van der Waals surface area contributed by atoms with E-state index in [9.17, 15) is 0 Å². The number of fused-ring (bicyclic) bond motifs is 6. The minimum Gasteiger partial charge on any atom is -0.452 e. The highest BCUT2D eigenvalue weighted by Crippen LogP contribution is 2.41. The van der Waals surface area contributed by atoms with E-state index in [1.165, 1.54) is 42.4 Å². The fraction of sp³-hybridized carbons (Fsp3) is 0. The van der Waals surface area contributed by atoms with Crippen LogP contribution in [-0.4, -0.2) is 9.97 Å². The molecule has 0 spiro atoms. The summed E-state index contributed by atoms with van der Waals surface area (Å²) in [5.41, 5.74) is 13.5. The maximum absolute atomic E-state index is 6.49. The molecule has 234 valence electrons. The van der Waals surface area contributed by atoms with Crippen molar-refractivity contribution in [1.29, 1.82) is 0 Å². The van der Waals surface area contributed by atoms with Gasteiger partial charge in [0.1, 0.15) is 23.1 Å². The van der Waals surface area contributed by atoms with E-state index in [4.69, 9.17) is 14.4 Å². The van der Waals surface area contributed by atoms with E-state index in [0.717, 1.165) is 50.0 Å². The molecule has 3 nitrogen and oxygen atoms in total. The van der Waals surface area contributed by atoms with Gasteiger partial charge in [-0.25, -0.2) is 9.97 Å². The molecule has 4 heteroatoms. The van der Waals surface area contributed by atoms with Crippen molar-refractivity contribution in [3.05, 3.63) is 170 Å². The van der Waals surface area contributed by atoms with Gasteiger partial charge in [0.15, 0.2) is 5.58 Å². The predicted octanol–water partition coefficient (Wildman–Crippen LogP) is 13.1. The average Bonchev–Trinajstić information content (AvgIpc) is 3.77. The zero-order valence-electron chi connectivity index (χ0n) is 26.9. The first kappa shape index (κ1) is 28.6. The second kappa shape index (κ2) is 11.7. The monoisotopic (exact) mass is 656 g/mol. The fourth-order valence-electron chi connectivity index (χ4n) is 7.16. The first-order valence-corrected chi connectivity index (χ1v) is 17.5. The lowest BCUT2D eigenvalue weighted by molar-refractivity contribution is 0.667. The zero-order valence-corrected chi connectivity index (χ0v) is 27.7. The summed E-state index contributed by atoms with van der Waals surface area (Å²) < 4.78 is 9.12. The van der Waals surface area contributed by atoms with E-state index >= 15 is 0 Å². The molecular formula is C46H28N2OS. The number of thiophene rings is 1. The van der Waals surface area contributed by atoms with Crippen LogP contribution < -0.4 is 0 Å². The summed E-state index contributed by atoms with van der Waals surface area (Å²) in [5.74, 6) is 0. The number of furan rings is 1. The number of hydrogen-bond donors (Lipinski definition) is 0. The van der Waals surface area contributed by atoms with Crippen molar-refractivity contribution in [1.82, 2.24) is 9.97 Å². The van der Waals surface area contributed by atoms with Crippen LogP contribution >= 0.6 is 11.3 Å². The standard InChI is InChI=1S/C46H28N2OS/c1-2-10-29(11-3-1)30-12-6-13-31(24-30)34-22-23-41-40(27-34)44-45(49-41)43(47-28-48-44)36-17-8-15-33(26-36)32-14-7-16-35(25-32)37-19-9-20-39-38-18-4-5-21-42(38)50-46(37)39/h1-28H. The molecule has 0 amide bonds. The maximum Gasteiger partial charge on any atom is 0.180 e. The molecule has 0 N–H and O–H groups in total. The fourth-order valence-corrected chi connectivity index (χ4v) is 8.40. The van der Waals surface area contributed by atoms with Gasteiger partial charge < -0.3 is 4.42 Å². The third kappa shape index (κ3) is 4.80. The first-order chi connectivity index (χ1) is 24.8. The van der Waals surface area contributed by atoms with Gasteiger partial charge in [-0.15, -0.1) is 11.3 Å². The molecule has 0 aliphatic rings. The molecule has 50 heavy (non-hydrogen) atoms. The molecule has 0 aliphatic heterocycles. The summed E-state index contributed by atoms with van der Waals surface area (Å²) in [5, 5.41) is 3.60. The van der Waals surface area contributed by atoms with Crippen molar-refractivity contribution in [3.8, 4) is 55.8 Å². The Balaban J connectivity index is 1.03. The molecule has 7 aromatic carbocycles. The van der Waals surface area contributed by atoms with E-state index in [1.54, 1.807) is 6.33 Å². The molecule has 0 radical (unpaired) electrons. The number of nitrogens with zero attached hydrogens (tertiary/aromatic N) is 2. The van der Waals surface area contributed by atoms with Crippen LogP contribution in [-0.2, 0) is 0 Å². The summed E-state index contributed by atoms with van der Waals surface area (Å²) in [6.07, 6.45) is 1.65. The minimum atomic E-state index is 0.694. The van der Waals surface area contributed by atoms with Gasteiger partial charge in [0, 0.05) is 31.1 Å². The van der Waals surface area contributed by atoms with Crippen molar-refractivity contribution in [2.45, 2.75) is 0 Å². The van der Waals surface area contributed by atoms with Crippen LogP contribution in [0.15, 0.2) is 175 Å². The minimum absolute atomic E-state index is 0.694. The van der Waals surface area contributed by atoms with Crippen LogP contribution in [0.3, 0.4) is 0 Å². The highest BCUT2D eigenvalue weighted by molar-refractivity contribution is 7.26. The summed E-state index contributed by atoms with van der Waals surface area (Å²) in [6.45, 7) is 0. The Morgan fingerprint density at radius 2 is 1.02 bits per heavy atom. The molecule has 0 saturated heterocycles. The van der Waals surface area contributed by atoms with Crippen LogP contribution in [0.25, 0.3) is 98.0 Å². The number of hydrogen-bond acceptors (Lipinski definition) is 4. The number of aromatic nitrogens is 2. The Hall–Kier alpha value is -6.36. The van der Waals surface area contributed by atoms with Crippen molar-refractivity contribution in [3.63, 3.8) is 0 Å². The highest BCUT2D eigenvalue weighted by Gasteiger charge is 2.17. The quantitative estimate of drug-likeness (QED) is 0.185. The Kier molecular flexibility index (Phi) is 6.68. The van der Waals surface area contributed by atoms with Gasteiger partial charge >= 0.3 is 0 Å². The van der Waals surface area contributed by atoms with Crippen LogP contribution in [0, 0.1) is 0 Å². The molecule has 10 rings (SSSR count). The van der Waals surface area contributed by atoms with Crippen LogP contribution in [0.4, 0.5) is 0 Å². The highest BCUT2D eigenvalue weighted by atomic mass is 32.1. The van der Waals surface area contributed by atoms with Gasteiger partial charge in [0.05, 0.1) is 0 Å². The second-order valence-electron chi connectivity index (χ2n) is 12.6. The Morgan fingerprint density at radius 1 is 0.420 bits per heavy atom. The summed E-state index contributed by atoms with van der Waals surface area (Å²) >= 11 is 1.86. The Bertz CT molecular complexity index is 2880. The lowest BCUT2D eigenvalue weighted by Gasteiger charge is -2.09. The molecule has 10 aromatic rings. The van der Waals surface area contributed by atoms with Crippen LogP contribution in [0.1, 0.15) is 0 Å². The van der Waals surface area contributed by atoms with Crippen LogP contribution in [0.5, 0.6) is 0 Å². The van der Waals surface area contributed by atoms with E-state index in [0.29, 0.717) is 5.58 Å². The predicted molar refractivity (Wildman–Crippen MR) is 209 cm³/mol. The van der Waals surface area contributed by atoms with Gasteiger partial charge in [0.2, 0.25) is 0 Å². The van der Waals surface area contributed by atoms with E-state index in [-0.39, 0.29) is 0 Å². The molecule has 0 bridgehead atoms. The number of rotatable bonds is 5. The normalized spacial score (nSPS) is 11.6. The third-order valence-corrected chi connectivity index (χ3v) is 10.8. The van der Waals surface area contributed by atoms with Gasteiger partial charge in [-0.3, -0.25) is 0 Å². The van der Waals surface area contributed by atoms with E-state index in [1.807, 2.05) is 23.5 Å².